The highest BCUT2D eigenvalue weighted by Gasteiger charge is 2.27. The molecule has 8 heteroatoms. The summed E-state index contributed by atoms with van der Waals surface area (Å²) >= 11 is 1.50. The van der Waals surface area contributed by atoms with Crippen molar-refractivity contribution in [3.8, 4) is 5.69 Å². The quantitative estimate of drug-likeness (QED) is 0.446. The van der Waals surface area contributed by atoms with E-state index < -0.39 is 0 Å². The predicted octanol–water partition coefficient (Wildman–Crippen LogP) is 4.58. The molecule has 5 rings (SSSR count). The molecule has 170 valence electrons. The van der Waals surface area contributed by atoms with Gasteiger partial charge >= 0.3 is 0 Å². The van der Waals surface area contributed by atoms with Gasteiger partial charge in [-0.1, -0.05) is 37.6 Å². The number of carbonyl (C=O) groups is 1. The lowest BCUT2D eigenvalue weighted by Crippen LogP contribution is -2.49. The van der Waals surface area contributed by atoms with Gasteiger partial charge in [0.2, 0.25) is 0 Å². The van der Waals surface area contributed by atoms with Gasteiger partial charge in [0.25, 0.3) is 5.91 Å². The molecule has 4 heterocycles. The van der Waals surface area contributed by atoms with Crippen LogP contribution < -0.4 is 4.90 Å². The summed E-state index contributed by atoms with van der Waals surface area (Å²) in [4.78, 5) is 27.7. The van der Waals surface area contributed by atoms with E-state index in [1.807, 2.05) is 34.0 Å². The van der Waals surface area contributed by atoms with E-state index in [0.717, 1.165) is 52.0 Å². The third-order valence-corrected chi connectivity index (χ3v) is 6.95. The molecule has 1 amide bonds. The third-order valence-electron chi connectivity index (χ3n) is 6.09. The Morgan fingerprint density at radius 3 is 2.36 bits per heavy atom. The monoisotopic (exact) mass is 460 g/mol. The third kappa shape index (κ3) is 3.99. The fraction of sp³-hybridized carbons (Fsp3) is 0.360. The van der Waals surface area contributed by atoms with Crippen LogP contribution in [0.15, 0.2) is 41.8 Å². The number of aromatic nitrogens is 4. The second kappa shape index (κ2) is 8.59. The highest BCUT2D eigenvalue weighted by molar-refractivity contribution is 7.12. The molecule has 0 atom stereocenters. The summed E-state index contributed by atoms with van der Waals surface area (Å²) in [7, 11) is 0. The lowest BCUT2D eigenvalue weighted by Gasteiger charge is -2.35. The summed E-state index contributed by atoms with van der Waals surface area (Å²) in [6.07, 6.45) is 0. The zero-order chi connectivity index (χ0) is 23.1. The summed E-state index contributed by atoms with van der Waals surface area (Å²) in [6, 6.07) is 12.2. The number of aryl methyl sites for hydroxylation is 2. The first-order valence-corrected chi connectivity index (χ1v) is 12.2. The molecule has 0 spiro atoms. The number of hydrogen-bond donors (Lipinski definition) is 0. The second-order valence-corrected chi connectivity index (χ2v) is 9.80. The molecule has 0 bridgehead atoms. The average Bonchev–Trinajstić information content (AvgIpc) is 3.47. The van der Waals surface area contributed by atoms with Gasteiger partial charge in [0.15, 0.2) is 5.65 Å². The van der Waals surface area contributed by atoms with Crippen LogP contribution in [0.3, 0.4) is 0 Å². The Morgan fingerprint density at radius 1 is 1.00 bits per heavy atom. The maximum atomic E-state index is 12.8. The van der Waals surface area contributed by atoms with Crippen molar-refractivity contribution in [2.45, 2.75) is 33.6 Å². The van der Waals surface area contributed by atoms with Gasteiger partial charge in [0, 0.05) is 32.1 Å². The number of rotatable bonds is 4. The molecule has 1 fully saturated rings. The van der Waals surface area contributed by atoms with Crippen molar-refractivity contribution in [2.24, 2.45) is 0 Å². The molecule has 0 radical (unpaired) electrons. The Kier molecular flexibility index (Phi) is 5.62. The number of amides is 1. The summed E-state index contributed by atoms with van der Waals surface area (Å²) in [6.45, 7) is 11.1. The van der Waals surface area contributed by atoms with Crippen molar-refractivity contribution in [3.63, 3.8) is 0 Å². The Bertz CT molecular complexity index is 1280. The van der Waals surface area contributed by atoms with Gasteiger partial charge < -0.3 is 9.80 Å². The van der Waals surface area contributed by atoms with Crippen LogP contribution in [0.5, 0.6) is 0 Å². The molecule has 3 aromatic heterocycles. The minimum Gasteiger partial charge on any atom is -0.352 e. The molecule has 1 aromatic carbocycles. The van der Waals surface area contributed by atoms with E-state index in [-0.39, 0.29) is 11.8 Å². The van der Waals surface area contributed by atoms with Crippen molar-refractivity contribution in [3.05, 3.63) is 63.7 Å². The van der Waals surface area contributed by atoms with Crippen molar-refractivity contribution in [2.75, 3.05) is 31.1 Å². The number of nitrogens with zero attached hydrogens (tertiary/aromatic N) is 6. The van der Waals surface area contributed by atoms with E-state index in [1.54, 1.807) is 0 Å². The van der Waals surface area contributed by atoms with Gasteiger partial charge in [-0.2, -0.15) is 5.10 Å². The molecule has 1 aliphatic rings. The van der Waals surface area contributed by atoms with E-state index in [0.29, 0.717) is 13.1 Å². The van der Waals surface area contributed by atoms with E-state index in [1.165, 1.54) is 16.9 Å². The average molecular weight is 461 g/mol. The van der Waals surface area contributed by atoms with Gasteiger partial charge in [-0.3, -0.25) is 4.79 Å². The summed E-state index contributed by atoms with van der Waals surface area (Å²) < 4.78 is 1.93. The zero-order valence-corrected chi connectivity index (χ0v) is 20.3. The van der Waals surface area contributed by atoms with E-state index in [2.05, 4.69) is 49.9 Å². The van der Waals surface area contributed by atoms with E-state index in [9.17, 15) is 4.79 Å². The van der Waals surface area contributed by atoms with Crippen LogP contribution in [-0.4, -0.2) is 56.7 Å². The van der Waals surface area contributed by atoms with Gasteiger partial charge in [-0.05, 0) is 37.4 Å². The van der Waals surface area contributed by atoms with Gasteiger partial charge in [0.05, 0.1) is 21.6 Å². The molecule has 0 N–H and O–H groups in total. The number of piperazine rings is 1. The van der Waals surface area contributed by atoms with Crippen LogP contribution in [-0.2, 0) is 0 Å². The smallest absolute Gasteiger partial charge is 0.264 e. The minimum atomic E-state index is 0.115. The fourth-order valence-corrected chi connectivity index (χ4v) is 4.90. The van der Waals surface area contributed by atoms with Crippen LogP contribution >= 0.6 is 11.3 Å². The highest BCUT2D eigenvalue weighted by Crippen LogP contribution is 2.31. The Morgan fingerprint density at radius 2 is 1.73 bits per heavy atom. The number of thiophene rings is 1. The van der Waals surface area contributed by atoms with E-state index in [4.69, 9.17) is 15.1 Å². The number of fused-ring (bicyclic) bond motifs is 1. The second-order valence-electron chi connectivity index (χ2n) is 8.85. The standard InChI is InChI=1S/C25H28N6OS/c1-16(2)22-26-23(29-11-13-30(14-12-29)25(32)20-6-5-15-33-20)21-18(4)28-31(24(21)27-22)19-9-7-17(3)8-10-19/h5-10,15-16H,11-14H2,1-4H3. The molecule has 7 nitrogen and oxygen atoms in total. The SMILES string of the molecule is Cc1ccc(-n2nc(C)c3c(N4CCN(C(=O)c5cccs5)CC4)nc(C(C)C)nc32)cc1. The lowest BCUT2D eigenvalue weighted by atomic mass is 10.2. The normalized spacial score (nSPS) is 14.5. The first-order chi connectivity index (χ1) is 15.9. The Hall–Kier alpha value is -3.26. The molecule has 0 saturated carbocycles. The summed E-state index contributed by atoms with van der Waals surface area (Å²) in [5.41, 5.74) is 3.94. The zero-order valence-electron chi connectivity index (χ0n) is 19.4. The number of carbonyl (C=O) groups excluding carboxylic acids is 1. The van der Waals surface area contributed by atoms with Crippen molar-refractivity contribution in [1.29, 1.82) is 0 Å². The lowest BCUT2D eigenvalue weighted by molar-refractivity contribution is 0.0751. The first-order valence-electron chi connectivity index (χ1n) is 11.3. The number of hydrogen-bond acceptors (Lipinski definition) is 6. The predicted molar refractivity (Wildman–Crippen MR) is 133 cm³/mol. The van der Waals surface area contributed by atoms with Gasteiger partial charge in [0.1, 0.15) is 11.6 Å². The minimum absolute atomic E-state index is 0.115. The molecule has 0 aliphatic carbocycles. The molecular formula is C25H28N6OS. The maximum absolute atomic E-state index is 12.8. The molecule has 1 saturated heterocycles. The van der Waals surface area contributed by atoms with Gasteiger partial charge in [-0.25, -0.2) is 14.6 Å². The summed E-state index contributed by atoms with van der Waals surface area (Å²) in [5, 5.41) is 7.78. The van der Waals surface area contributed by atoms with Crippen molar-refractivity contribution < 1.29 is 4.79 Å². The van der Waals surface area contributed by atoms with Crippen LogP contribution in [0.1, 0.15) is 46.5 Å². The molecular weight excluding hydrogens is 432 g/mol. The van der Waals surface area contributed by atoms with Crippen molar-refractivity contribution in [1.82, 2.24) is 24.6 Å². The Labute approximate surface area is 197 Å². The fourth-order valence-electron chi connectivity index (χ4n) is 4.21. The van der Waals surface area contributed by atoms with Crippen LogP contribution in [0.25, 0.3) is 16.7 Å². The topological polar surface area (TPSA) is 67.2 Å². The first kappa shape index (κ1) is 21.6. The Balaban J connectivity index is 1.51. The number of benzene rings is 1. The van der Waals surface area contributed by atoms with Crippen molar-refractivity contribution >= 4 is 34.1 Å². The highest BCUT2D eigenvalue weighted by atomic mass is 32.1. The number of anilines is 1. The molecule has 1 aliphatic heterocycles. The molecule has 33 heavy (non-hydrogen) atoms. The van der Waals surface area contributed by atoms with Gasteiger partial charge in [-0.15, -0.1) is 11.3 Å². The maximum Gasteiger partial charge on any atom is 0.264 e. The van der Waals surface area contributed by atoms with Crippen LogP contribution in [0.2, 0.25) is 0 Å². The summed E-state index contributed by atoms with van der Waals surface area (Å²) in [5.74, 6) is 2.03. The van der Waals surface area contributed by atoms with Crippen LogP contribution in [0, 0.1) is 13.8 Å². The molecule has 0 unspecified atom stereocenters. The van der Waals surface area contributed by atoms with Crippen LogP contribution in [0.4, 0.5) is 5.82 Å². The van der Waals surface area contributed by atoms with E-state index >= 15 is 0 Å². The largest absolute Gasteiger partial charge is 0.352 e. The molecule has 4 aromatic rings.